The Bertz CT molecular complexity index is 1030. The lowest BCUT2D eigenvalue weighted by molar-refractivity contribution is 0.0154. The fourth-order valence-electron chi connectivity index (χ4n) is 3.35. The number of para-hydroxylation sites is 1. The molecular formula is C26H30N2O3. The van der Waals surface area contributed by atoms with Gasteiger partial charge in [-0.2, -0.15) is 0 Å². The van der Waals surface area contributed by atoms with E-state index in [-0.39, 0.29) is 18.1 Å². The number of hydrogen-bond acceptors (Lipinski definition) is 4. The highest BCUT2D eigenvalue weighted by Gasteiger charge is 2.15. The van der Waals surface area contributed by atoms with Crippen molar-refractivity contribution in [1.29, 1.82) is 0 Å². The third-order valence-electron chi connectivity index (χ3n) is 4.94. The smallest absolute Gasteiger partial charge is 0.257 e. The summed E-state index contributed by atoms with van der Waals surface area (Å²) in [4.78, 5) is 17.3. The molecule has 3 rings (SSSR count). The number of rotatable bonds is 8. The lowest BCUT2D eigenvalue weighted by Crippen LogP contribution is -2.16. The third kappa shape index (κ3) is 5.92. The molecule has 0 aliphatic rings. The molecule has 1 atom stereocenters. The zero-order valence-corrected chi connectivity index (χ0v) is 18.8. The zero-order valence-electron chi connectivity index (χ0n) is 18.8. The highest BCUT2D eigenvalue weighted by Crippen LogP contribution is 2.27. The lowest BCUT2D eigenvalue weighted by atomic mass is 10.1. The van der Waals surface area contributed by atoms with Gasteiger partial charge < -0.3 is 14.8 Å². The number of carbonyl (C=O) groups is 1. The molecule has 1 unspecified atom stereocenters. The summed E-state index contributed by atoms with van der Waals surface area (Å²) in [5.41, 5.74) is 3.88. The molecule has 2 aromatic carbocycles. The second kappa shape index (κ2) is 10.2. The van der Waals surface area contributed by atoms with Crippen molar-refractivity contribution in [2.24, 2.45) is 0 Å². The number of nitrogens with one attached hydrogen (secondary N) is 1. The number of anilines is 1. The van der Waals surface area contributed by atoms with Gasteiger partial charge in [0, 0.05) is 5.69 Å². The Kier molecular flexibility index (Phi) is 7.42. The molecular weight excluding hydrogens is 388 g/mol. The number of carbonyl (C=O) groups excluding carboxylic acids is 1. The fourth-order valence-corrected chi connectivity index (χ4v) is 3.35. The Morgan fingerprint density at radius 3 is 2.35 bits per heavy atom. The molecule has 0 radical (unpaired) electrons. The van der Waals surface area contributed by atoms with Crippen LogP contribution in [0.15, 0.2) is 60.7 Å². The molecule has 0 spiro atoms. The Balaban J connectivity index is 1.66. The van der Waals surface area contributed by atoms with E-state index in [1.165, 1.54) is 0 Å². The Morgan fingerprint density at radius 2 is 1.71 bits per heavy atom. The molecule has 3 aromatic rings. The van der Waals surface area contributed by atoms with Crippen molar-refractivity contribution in [1.82, 2.24) is 4.98 Å². The minimum absolute atomic E-state index is 0.113. The van der Waals surface area contributed by atoms with Crippen molar-refractivity contribution in [2.75, 3.05) is 5.32 Å². The van der Waals surface area contributed by atoms with Crippen molar-refractivity contribution in [3.8, 4) is 11.5 Å². The molecule has 162 valence electrons. The number of ether oxygens (including phenoxy) is 2. The van der Waals surface area contributed by atoms with E-state index in [0.29, 0.717) is 16.9 Å². The Morgan fingerprint density at radius 1 is 1.00 bits per heavy atom. The molecule has 0 aliphatic heterocycles. The van der Waals surface area contributed by atoms with Crippen LogP contribution in [-0.2, 0) is 11.2 Å². The standard InChI is InChI=1S/C26H30N2O3/c1-6-20-9-7-8-10-25(20)31-22-13-11-21(12-14-22)28-26(29)23-15-16-24(27-18(23)4)19(5)30-17(2)3/h7-17,19H,6H2,1-5H3,(H,28,29). The molecule has 1 aromatic heterocycles. The van der Waals surface area contributed by atoms with Crippen LogP contribution in [0, 0.1) is 6.92 Å². The monoisotopic (exact) mass is 418 g/mol. The first-order chi connectivity index (χ1) is 14.9. The third-order valence-corrected chi connectivity index (χ3v) is 4.94. The molecule has 1 N–H and O–H groups in total. The normalized spacial score (nSPS) is 11.9. The van der Waals surface area contributed by atoms with Crippen LogP contribution in [0.4, 0.5) is 5.69 Å². The van der Waals surface area contributed by atoms with E-state index in [1.54, 1.807) is 6.07 Å². The summed E-state index contributed by atoms with van der Waals surface area (Å²) in [7, 11) is 0. The van der Waals surface area contributed by atoms with Gasteiger partial charge in [0.25, 0.3) is 5.91 Å². The maximum atomic E-state index is 12.7. The van der Waals surface area contributed by atoms with Crippen LogP contribution in [0.25, 0.3) is 0 Å². The number of aromatic nitrogens is 1. The van der Waals surface area contributed by atoms with Gasteiger partial charge in [-0.1, -0.05) is 25.1 Å². The fraction of sp³-hybridized carbons (Fsp3) is 0.308. The van der Waals surface area contributed by atoms with E-state index in [2.05, 4.69) is 23.3 Å². The van der Waals surface area contributed by atoms with Gasteiger partial charge >= 0.3 is 0 Å². The molecule has 0 aliphatic carbocycles. The topological polar surface area (TPSA) is 60.5 Å². The quantitative estimate of drug-likeness (QED) is 0.455. The molecule has 5 heteroatoms. The van der Waals surface area contributed by atoms with Crippen molar-refractivity contribution < 1.29 is 14.3 Å². The molecule has 0 fully saturated rings. The van der Waals surface area contributed by atoms with Gasteiger partial charge in [-0.3, -0.25) is 9.78 Å². The van der Waals surface area contributed by atoms with Crippen LogP contribution in [-0.4, -0.2) is 17.0 Å². The minimum atomic E-state index is -0.195. The largest absolute Gasteiger partial charge is 0.457 e. The summed E-state index contributed by atoms with van der Waals surface area (Å²) < 4.78 is 11.8. The van der Waals surface area contributed by atoms with Gasteiger partial charge in [0.2, 0.25) is 0 Å². The molecule has 1 amide bonds. The second-order valence-electron chi connectivity index (χ2n) is 7.74. The summed E-state index contributed by atoms with van der Waals surface area (Å²) >= 11 is 0. The van der Waals surface area contributed by atoms with Gasteiger partial charge in [0.1, 0.15) is 11.5 Å². The van der Waals surface area contributed by atoms with Gasteiger partial charge in [-0.15, -0.1) is 0 Å². The average molecular weight is 419 g/mol. The first-order valence-corrected chi connectivity index (χ1v) is 10.7. The van der Waals surface area contributed by atoms with E-state index in [4.69, 9.17) is 9.47 Å². The van der Waals surface area contributed by atoms with Crippen LogP contribution in [0.3, 0.4) is 0 Å². The molecule has 31 heavy (non-hydrogen) atoms. The predicted molar refractivity (Wildman–Crippen MR) is 124 cm³/mol. The Labute approximate surface area is 184 Å². The number of hydrogen-bond donors (Lipinski definition) is 1. The zero-order chi connectivity index (χ0) is 22.4. The number of aryl methyl sites for hydroxylation is 2. The first kappa shape index (κ1) is 22.5. The summed E-state index contributed by atoms with van der Waals surface area (Å²) in [6, 6.07) is 19.0. The van der Waals surface area contributed by atoms with Crippen LogP contribution >= 0.6 is 0 Å². The summed E-state index contributed by atoms with van der Waals surface area (Å²) in [5.74, 6) is 1.37. The predicted octanol–water partition coefficient (Wildman–Crippen LogP) is 6.48. The summed E-state index contributed by atoms with van der Waals surface area (Å²) in [6.45, 7) is 9.88. The SMILES string of the molecule is CCc1ccccc1Oc1ccc(NC(=O)c2ccc(C(C)OC(C)C)nc2C)cc1. The maximum absolute atomic E-state index is 12.7. The average Bonchev–Trinajstić information content (AvgIpc) is 2.74. The van der Waals surface area contributed by atoms with Gasteiger partial charge in [0.15, 0.2) is 0 Å². The minimum Gasteiger partial charge on any atom is -0.457 e. The van der Waals surface area contributed by atoms with Gasteiger partial charge in [-0.05, 0) is 82.1 Å². The van der Waals surface area contributed by atoms with Crippen molar-refractivity contribution in [3.63, 3.8) is 0 Å². The molecule has 1 heterocycles. The van der Waals surface area contributed by atoms with E-state index >= 15 is 0 Å². The summed E-state index contributed by atoms with van der Waals surface area (Å²) in [5, 5.41) is 2.93. The summed E-state index contributed by atoms with van der Waals surface area (Å²) in [6.07, 6.45) is 0.891. The van der Waals surface area contributed by atoms with Crippen LogP contribution in [0.1, 0.15) is 61.1 Å². The highest BCUT2D eigenvalue weighted by molar-refractivity contribution is 6.05. The van der Waals surface area contributed by atoms with Gasteiger partial charge in [-0.25, -0.2) is 0 Å². The lowest BCUT2D eigenvalue weighted by Gasteiger charge is -2.17. The van der Waals surface area contributed by atoms with E-state index in [1.807, 2.05) is 76.2 Å². The van der Waals surface area contributed by atoms with Crippen molar-refractivity contribution in [2.45, 2.75) is 53.2 Å². The van der Waals surface area contributed by atoms with Crippen LogP contribution in [0.2, 0.25) is 0 Å². The highest BCUT2D eigenvalue weighted by atomic mass is 16.5. The van der Waals surface area contributed by atoms with E-state index < -0.39 is 0 Å². The van der Waals surface area contributed by atoms with Crippen molar-refractivity contribution in [3.05, 3.63) is 83.2 Å². The number of benzene rings is 2. The van der Waals surface area contributed by atoms with Gasteiger partial charge in [0.05, 0.1) is 29.2 Å². The maximum Gasteiger partial charge on any atom is 0.257 e. The van der Waals surface area contributed by atoms with E-state index in [9.17, 15) is 4.79 Å². The molecule has 0 saturated carbocycles. The first-order valence-electron chi connectivity index (χ1n) is 10.7. The second-order valence-corrected chi connectivity index (χ2v) is 7.74. The Hall–Kier alpha value is -3.18. The number of nitrogens with zero attached hydrogens (tertiary/aromatic N) is 1. The van der Waals surface area contributed by atoms with Crippen LogP contribution < -0.4 is 10.1 Å². The molecule has 0 bridgehead atoms. The van der Waals surface area contributed by atoms with Crippen LogP contribution in [0.5, 0.6) is 11.5 Å². The van der Waals surface area contributed by atoms with E-state index in [0.717, 1.165) is 29.2 Å². The number of pyridine rings is 1. The molecule has 5 nitrogen and oxygen atoms in total. The number of amides is 1. The molecule has 0 saturated heterocycles. The van der Waals surface area contributed by atoms with Crippen molar-refractivity contribution >= 4 is 11.6 Å².